The van der Waals surface area contributed by atoms with E-state index < -0.39 is 11.2 Å². The zero-order valence-electron chi connectivity index (χ0n) is 12.9. The molecule has 0 saturated carbocycles. The van der Waals surface area contributed by atoms with Crippen molar-refractivity contribution in [2.75, 3.05) is 12.0 Å². The van der Waals surface area contributed by atoms with Crippen LogP contribution in [0.2, 0.25) is 0 Å². The summed E-state index contributed by atoms with van der Waals surface area (Å²) in [6.07, 6.45) is 3.57. The van der Waals surface area contributed by atoms with E-state index in [9.17, 15) is 9.35 Å². The van der Waals surface area contributed by atoms with Gasteiger partial charge in [-0.15, -0.1) is 0 Å². The van der Waals surface area contributed by atoms with Crippen molar-refractivity contribution in [1.82, 2.24) is 5.32 Å². The van der Waals surface area contributed by atoms with Gasteiger partial charge >= 0.3 is 0 Å². The first-order chi connectivity index (χ1) is 7.92. The number of carbonyl (C=O) groups excluding carboxylic acids is 1. The van der Waals surface area contributed by atoms with Gasteiger partial charge < -0.3 is 9.87 Å². The molecule has 0 saturated heterocycles. The van der Waals surface area contributed by atoms with Crippen LogP contribution in [0.15, 0.2) is 0 Å². The maximum Gasteiger partial charge on any atom is 0.270 e. The van der Waals surface area contributed by atoms with Crippen LogP contribution in [0.4, 0.5) is 0 Å². The quantitative estimate of drug-likeness (QED) is 0.784. The van der Waals surface area contributed by atoms with Crippen LogP contribution in [0.25, 0.3) is 0 Å². The van der Waals surface area contributed by atoms with Crippen LogP contribution < -0.4 is 5.32 Å². The highest BCUT2D eigenvalue weighted by Gasteiger charge is 2.28. The largest absolute Gasteiger partial charge is 0.616 e. The van der Waals surface area contributed by atoms with Crippen LogP contribution in [0.1, 0.15) is 54.4 Å². The third kappa shape index (κ3) is 8.81. The highest BCUT2D eigenvalue weighted by atomic mass is 32.2. The summed E-state index contributed by atoms with van der Waals surface area (Å²) in [7, 11) is 0. The minimum Gasteiger partial charge on any atom is -0.616 e. The van der Waals surface area contributed by atoms with Crippen molar-refractivity contribution in [3.8, 4) is 0 Å². The van der Waals surface area contributed by atoms with Gasteiger partial charge in [-0.25, -0.2) is 0 Å². The van der Waals surface area contributed by atoms with Gasteiger partial charge in [0.2, 0.25) is 0 Å². The van der Waals surface area contributed by atoms with Gasteiger partial charge in [0, 0.05) is 6.04 Å². The lowest BCUT2D eigenvalue weighted by Crippen LogP contribution is -2.46. The second kappa shape index (κ2) is 6.80. The van der Waals surface area contributed by atoms with Gasteiger partial charge in [-0.2, -0.15) is 0 Å². The highest BCUT2D eigenvalue weighted by Crippen LogP contribution is 2.28. The van der Waals surface area contributed by atoms with Gasteiger partial charge in [-0.05, 0) is 34.8 Å². The average molecular weight is 275 g/mol. The minimum absolute atomic E-state index is 0.0240. The molecular formula is C14H29NO2S. The van der Waals surface area contributed by atoms with E-state index in [0.29, 0.717) is 0 Å². The smallest absolute Gasteiger partial charge is 0.270 e. The molecular weight excluding hydrogens is 246 g/mol. The molecule has 108 valence electrons. The van der Waals surface area contributed by atoms with Gasteiger partial charge in [0.15, 0.2) is 5.75 Å². The molecule has 0 aromatic carbocycles. The Balaban J connectivity index is 4.47. The molecule has 1 N–H and O–H groups in total. The fraction of sp³-hybridized carbons (Fsp3) is 0.929. The monoisotopic (exact) mass is 275 g/mol. The lowest BCUT2D eigenvalue weighted by atomic mass is 9.80. The molecule has 0 fully saturated rings. The summed E-state index contributed by atoms with van der Waals surface area (Å²) in [4.78, 5) is 11.7. The number of hydrogen-bond acceptors (Lipinski definition) is 2. The summed E-state index contributed by atoms with van der Waals surface area (Å²) in [6.45, 7) is 13.0. The highest BCUT2D eigenvalue weighted by molar-refractivity contribution is 7.91. The van der Waals surface area contributed by atoms with E-state index in [1.54, 1.807) is 6.26 Å². The third-order valence-corrected chi connectivity index (χ3v) is 3.57. The third-order valence-electron chi connectivity index (χ3n) is 2.90. The number of amides is 1. The molecule has 18 heavy (non-hydrogen) atoms. The van der Waals surface area contributed by atoms with E-state index in [-0.39, 0.29) is 28.5 Å². The lowest BCUT2D eigenvalue weighted by Gasteiger charge is -2.33. The molecule has 1 amide bonds. The zero-order valence-corrected chi connectivity index (χ0v) is 13.7. The van der Waals surface area contributed by atoms with Crippen LogP contribution in [-0.4, -0.2) is 28.5 Å². The molecule has 0 spiro atoms. The fourth-order valence-electron chi connectivity index (χ4n) is 1.72. The van der Waals surface area contributed by atoms with Crippen LogP contribution in [-0.2, 0) is 16.0 Å². The molecule has 0 aromatic rings. The molecule has 4 heteroatoms. The van der Waals surface area contributed by atoms with Gasteiger partial charge in [0.1, 0.15) is 0 Å². The van der Waals surface area contributed by atoms with Crippen LogP contribution in [0.3, 0.4) is 0 Å². The summed E-state index contributed by atoms with van der Waals surface area (Å²) in [5.41, 5.74) is 0.290. The number of nitrogens with one attached hydrogen (secondary N) is 1. The molecule has 2 atom stereocenters. The van der Waals surface area contributed by atoms with Crippen LogP contribution in [0, 0.1) is 10.8 Å². The molecule has 0 aliphatic heterocycles. The van der Waals surface area contributed by atoms with Gasteiger partial charge in [0.05, 0.1) is 6.26 Å². The maximum absolute atomic E-state index is 11.7. The van der Waals surface area contributed by atoms with E-state index in [0.717, 1.165) is 12.8 Å². The standard InChI is InChI=1S/C14H29NO2S/c1-13(2,3)9-8-11(14(4,5)6)15-12(16)10-18(7)17/h11H,8-10H2,1-7H3,(H,15,16). The van der Waals surface area contributed by atoms with Crippen molar-refractivity contribution in [3.05, 3.63) is 0 Å². The molecule has 0 rings (SSSR count). The fourth-order valence-corrected chi connectivity index (χ4v) is 2.17. The maximum atomic E-state index is 11.7. The second-order valence-corrected chi connectivity index (χ2v) is 8.74. The first-order valence-electron chi connectivity index (χ1n) is 6.51. The Morgan fingerprint density at radius 1 is 1.22 bits per heavy atom. The van der Waals surface area contributed by atoms with Crippen molar-refractivity contribution in [2.24, 2.45) is 10.8 Å². The Bertz CT molecular complexity index is 264. The lowest BCUT2D eigenvalue weighted by molar-refractivity contribution is -0.120. The summed E-state index contributed by atoms with van der Waals surface area (Å²) in [5, 5.41) is 3.03. The van der Waals surface area contributed by atoms with Crippen LogP contribution in [0.5, 0.6) is 0 Å². The first kappa shape index (κ1) is 17.8. The van der Waals surface area contributed by atoms with Crippen molar-refractivity contribution in [2.45, 2.75) is 60.4 Å². The predicted octanol–water partition coefficient (Wildman–Crippen LogP) is 2.72. The van der Waals surface area contributed by atoms with E-state index in [1.165, 1.54) is 0 Å². The molecule has 0 aliphatic carbocycles. The van der Waals surface area contributed by atoms with E-state index in [1.807, 2.05) is 0 Å². The topological polar surface area (TPSA) is 52.2 Å². The van der Waals surface area contributed by atoms with Crippen molar-refractivity contribution in [3.63, 3.8) is 0 Å². The normalized spacial score (nSPS) is 16.2. The molecule has 0 aliphatic rings. The molecule has 2 unspecified atom stereocenters. The molecule has 0 radical (unpaired) electrons. The summed E-state index contributed by atoms with van der Waals surface area (Å²) >= 11 is -1.07. The van der Waals surface area contributed by atoms with Gasteiger partial charge in [-0.3, -0.25) is 4.79 Å². The Morgan fingerprint density at radius 2 is 1.72 bits per heavy atom. The number of rotatable bonds is 5. The van der Waals surface area contributed by atoms with Gasteiger partial charge in [-0.1, -0.05) is 41.5 Å². The Hall–Kier alpha value is -0.220. The predicted molar refractivity (Wildman–Crippen MR) is 79.0 cm³/mol. The van der Waals surface area contributed by atoms with Crippen molar-refractivity contribution in [1.29, 1.82) is 0 Å². The summed E-state index contributed by atoms with van der Waals surface area (Å²) in [6, 6.07) is 0.132. The molecule has 3 nitrogen and oxygen atoms in total. The van der Waals surface area contributed by atoms with E-state index >= 15 is 0 Å². The Labute approximate surface area is 115 Å². The number of hydrogen-bond donors (Lipinski definition) is 1. The van der Waals surface area contributed by atoms with Crippen molar-refractivity contribution >= 4 is 17.1 Å². The van der Waals surface area contributed by atoms with E-state index in [4.69, 9.17) is 0 Å². The Kier molecular flexibility index (Phi) is 6.72. The summed E-state index contributed by atoms with van der Waals surface area (Å²) in [5.74, 6) is -0.00749. The SMILES string of the molecule is C[S+]([O-])CC(=O)NC(CCC(C)(C)C)C(C)(C)C. The van der Waals surface area contributed by atoms with Crippen molar-refractivity contribution < 1.29 is 9.35 Å². The molecule has 0 heterocycles. The minimum atomic E-state index is -1.07. The Morgan fingerprint density at radius 3 is 2.06 bits per heavy atom. The second-order valence-electron chi connectivity index (χ2n) is 7.30. The number of carbonyl (C=O) groups is 1. The first-order valence-corrected chi connectivity index (χ1v) is 8.24. The average Bonchev–Trinajstić information content (AvgIpc) is 2.07. The summed E-state index contributed by atoms with van der Waals surface area (Å²) < 4.78 is 11.1. The zero-order chi connectivity index (χ0) is 14.6. The van der Waals surface area contributed by atoms with Gasteiger partial charge in [0.25, 0.3) is 5.91 Å². The molecule has 0 bridgehead atoms. The van der Waals surface area contributed by atoms with Crippen LogP contribution >= 0.6 is 0 Å². The molecule has 0 aromatic heterocycles. The van der Waals surface area contributed by atoms with E-state index in [2.05, 4.69) is 46.9 Å².